The van der Waals surface area contributed by atoms with Crippen LogP contribution in [0.25, 0.3) is 0 Å². The van der Waals surface area contributed by atoms with Gasteiger partial charge in [-0.15, -0.1) is 0 Å². The zero-order valence-electron chi connectivity index (χ0n) is 13.0. The number of amides is 1. The second kappa shape index (κ2) is 8.28. The highest BCUT2D eigenvalue weighted by molar-refractivity contribution is 5.97. The Hall–Kier alpha value is -1.06. The Morgan fingerprint density at radius 3 is 2.20 bits per heavy atom. The van der Waals surface area contributed by atoms with E-state index in [0.717, 1.165) is 24.2 Å². The lowest BCUT2D eigenvalue weighted by atomic mass is 9.78. The van der Waals surface area contributed by atoms with E-state index in [1.165, 1.54) is 25.7 Å². The molecule has 116 valence electrons. The maximum Gasteiger partial charge on any atom is 0.316 e. The summed E-state index contributed by atoms with van der Waals surface area (Å²) < 4.78 is 0. The molecule has 1 atom stereocenters. The average molecular weight is 283 g/mol. The van der Waals surface area contributed by atoms with Gasteiger partial charge < -0.3 is 10.4 Å². The van der Waals surface area contributed by atoms with Crippen molar-refractivity contribution in [2.75, 3.05) is 6.54 Å². The molecule has 0 aromatic heterocycles. The van der Waals surface area contributed by atoms with E-state index in [-0.39, 0.29) is 5.91 Å². The van der Waals surface area contributed by atoms with Crippen molar-refractivity contribution in [3.8, 4) is 0 Å². The summed E-state index contributed by atoms with van der Waals surface area (Å²) in [6.07, 6.45) is 7.16. The quantitative estimate of drug-likeness (QED) is 0.765. The molecule has 1 saturated heterocycles. The first kappa shape index (κ1) is 17.0. The van der Waals surface area contributed by atoms with Crippen LogP contribution in [0.2, 0.25) is 0 Å². The van der Waals surface area contributed by atoms with Crippen LogP contribution in [-0.2, 0) is 9.59 Å². The summed E-state index contributed by atoms with van der Waals surface area (Å²) in [5, 5.41) is 10.9. The van der Waals surface area contributed by atoms with Crippen molar-refractivity contribution in [3.63, 3.8) is 0 Å². The molecule has 0 radical (unpaired) electrons. The molecule has 2 rings (SSSR count). The number of hydrogen-bond acceptors (Lipinski definition) is 2. The van der Waals surface area contributed by atoms with E-state index in [0.29, 0.717) is 13.0 Å². The smallest absolute Gasteiger partial charge is 0.316 e. The van der Waals surface area contributed by atoms with E-state index < -0.39 is 11.9 Å². The predicted molar refractivity (Wildman–Crippen MR) is 79.3 cm³/mol. The maximum absolute atomic E-state index is 10.7. The minimum absolute atomic E-state index is 0.348. The third-order valence-electron chi connectivity index (χ3n) is 4.59. The molecule has 1 saturated carbocycles. The molecule has 2 aliphatic rings. The van der Waals surface area contributed by atoms with Crippen molar-refractivity contribution in [2.45, 2.75) is 59.3 Å². The monoisotopic (exact) mass is 283 g/mol. The molecule has 4 heteroatoms. The van der Waals surface area contributed by atoms with Crippen LogP contribution in [0.4, 0.5) is 0 Å². The van der Waals surface area contributed by atoms with Crippen molar-refractivity contribution < 1.29 is 14.7 Å². The van der Waals surface area contributed by atoms with E-state index in [2.05, 4.69) is 26.1 Å². The fourth-order valence-electron chi connectivity index (χ4n) is 2.96. The van der Waals surface area contributed by atoms with Gasteiger partial charge in [-0.2, -0.15) is 0 Å². The normalized spacial score (nSPS) is 30.2. The highest BCUT2D eigenvalue weighted by Crippen LogP contribution is 2.32. The van der Waals surface area contributed by atoms with Crippen molar-refractivity contribution in [1.29, 1.82) is 0 Å². The molecule has 0 aromatic carbocycles. The number of nitrogens with one attached hydrogen (secondary N) is 1. The molecule has 1 amide bonds. The minimum atomic E-state index is -1.02. The molecule has 1 heterocycles. The molecular formula is C16H29NO3. The lowest BCUT2D eigenvalue weighted by Gasteiger charge is -2.28. The van der Waals surface area contributed by atoms with Crippen LogP contribution in [0.15, 0.2) is 0 Å². The molecule has 1 unspecified atom stereocenters. The maximum atomic E-state index is 10.7. The fraction of sp³-hybridized carbons (Fsp3) is 0.875. The van der Waals surface area contributed by atoms with Gasteiger partial charge in [-0.1, -0.05) is 33.6 Å². The number of aliphatic carboxylic acids is 1. The fourth-order valence-corrected chi connectivity index (χ4v) is 2.96. The van der Waals surface area contributed by atoms with E-state index >= 15 is 0 Å². The summed E-state index contributed by atoms with van der Waals surface area (Å²) in [5.74, 6) is 0.795. The van der Waals surface area contributed by atoms with E-state index in [4.69, 9.17) is 5.11 Å². The van der Waals surface area contributed by atoms with Gasteiger partial charge in [0.1, 0.15) is 5.92 Å². The summed E-state index contributed by atoms with van der Waals surface area (Å²) >= 11 is 0. The van der Waals surface area contributed by atoms with Crippen LogP contribution in [0.3, 0.4) is 0 Å². The number of carboxylic acid groups (broad SMARTS) is 1. The average Bonchev–Trinajstić information content (AvgIpc) is 2.40. The summed E-state index contributed by atoms with van der Waals surface area (Å²) in [4.78, 5) is 21.0. The minimum Gasteiger partial charge on any atom is -0.481 e. The summed E-state index contributed by atoms with van der Waals surface area (Å²) in [5.41, 5.74) is 0. The summed E-state index contributed by atoms with van der Waals surface area (Å²) in [6, 6.07) is 0. The van der Waals surface area contributed by atoms with Gasteiger partial charge in [0.05, 0.1) is 0 Å². The first-order valence-electron chi connectivity index (χ1n) is 7.92. The summed E-state index contributed by atoms with van der Waals surface area (Å²) in [7, 11) is 0. The molecule has 1 aliphatic carbocycles. The van der Waals surface area contributed by atoms with Gasteiger partial charge >= 0.3 is 5.97 Å². The first-order valence-corrected chi connectivity index (χ1v) is 7.92. The number of rotatable bonds is 2. The van der Waals surface area contributed by atoms with Crippen LogP contribution >= 0.6 is 0 Å². The van der Waals surface area contributed by atoms with Gasteiger partial charge in [-0.25, -0.2) is 0 Å². The first-order chi connectivity index (χ1) is 9.41. The molecule has 1 aliphatic heterocycles. The molecule has 2 N–H and O–H groups in total. The van der Waals surface area contributed by atoms with Gasteiger partial charge in [0.2, 0.25) is 5.91 Å². The highest BCUT2D eigenvalue weighted by atomic mass is 16.4. The predicted octanol–water partition coefficient (Wildman–Crippen LogP) is 3.07. The van der Waals surface area contributed by atoms with Gasteiger partial charge in [0.15, 0.2) is 0 Å². The third kappa shape index (κ3) is 5.51. The Kier molecular flexibility index (Phi) is 7.03. The third-order valence-corrected chi connectivity index (χ3v) is 4.59. The number of hydrogen-bond donors (Lipinski definition) is 2. The Labute approximate surface area is 122 Å². The lowest BCUT2D eigenvalue weighted by Crippen LogP contribution is -2.40. The van der Waals surface area contributed by atoms with E-state index in [9.17, 15) is 9.59 Å². The van der Waals surface area contributed by atoms with Gasteiger partial charge in [0, 0.05) is 6.54 Å². The number of carboxylic acids is 1. The second-order valence-corrected chi connectivity index (χ2v) is 6.59. The van der Waals surface area contributed by atoms with Crippen LogP contribution in [0.1, 0.15) is 59.3 Å². The molecule has 0 spiro atoms. The van der Waals surface area contributed by atoms with Crippen LogP contribution < -0.4 is 5.32 Å². The highest BCUT2D eigenvalue weighted by Gasteiger charge is 2.28. The Morgan fingerprint density at radius 1 is 1.20 bits per heavy atom. The zero-order chi connectivity index (χ0) is 15.1. The largest absolute Gasteiger partial charge is 0.481 e. The zero-order valence-corrected chi connectivity index (χ0v) is 13.0. The van der Waals surface area contributed by atoms with E-state index in [1.807, 2.05) is 0 Å². The molecule has 0 aromatic rings. The number of carbonyl (C=O) groups excluding carboxylic acids is 1. The van der Waals surface area contributed by atoms with Crippen LogP contribution in [0, 0.1) is 23.7 Å². The second-order valence-electron chi connectivity index (χ2n) is 6.59. The lowest BCUT2D eigenvalue weighted by molar-refractivity contribution is -0.148. The SMILES string of the molecule is CC1CCC(C(C)C)CC1.O=C(O)C1CCCNC1=O. The van der Waals surface area contributed by atoms with E-state index in [1.54, 1.807) is 0 Å². The van der Waals surface area contributed by atoms with Crippen LogP contribution in [0.5, 0.6) is 0 Å². The van der Waals surface area contributed by atoms with Gasteiger partial charge in [0.25, 0.3) is 0 Å². The Balaban J connectivity index is 0.000000200. The molecule has 0 bridgehead atoms. The van der Waals surface area contributed by atoms with Gasteiger partial charge in [-0.3, -0.25) is 9.59 Å². The Morgan fingerprint density at radius 2 is 1.80 bits per heavy atom. The number of piperidine rings is 1. The van der Waals surface area contributed by atoms with Crippen LogP contribution in [-0.4, -0.2) is 23.5 Å². The van der Waals surface area contributed by atoms with Crippen molar-refractivity contribution in [2.24, 2.45) is 23.7 Å². The van der Waals surface area contributed by atoms with Gasteiger partial charge in [-0.05, 0) is 43.4 Å². The molecular weight excluding hydrogens is 254 g/mol. The molecule has 4 nitrogen and oxygen atoms in total. The Bertz CT molecular complexity index is 320. The van der Waals surface area contributed by atoms with Crippen molar-refractivity contribution in [1.82, 2.24) is 5.32 Å². The van der Waals surface area contributed by atoms with Crippen molar-refractivity contribution in [3.05, 3.63) is 0 Å². The number of carbonyl (C=O) groups is 2. The topological polar surface area (TPSA) is 66.4 Å². The summed E-state index contributed by atoms with van der Waals surface area (Å²) in [6.45, 7) is 7.72. The van der Waals surface area contributed by atoms with Crippen molar-refractivity contribution >= 4 is 11.9 Å². The standard InChI is InChI=1S/C10H20.C6H9NO3/c1-8(2)10-6-4-9(3)5-7-10;8-5-4(6(9)10)2-1-3-7-5/h8-10H,4-7H2,1-3H3;4H,1-3H2,(H,7,8)(H,9,10). The molecule has 20 heavy (non-hydrogen) atoms. The molecule has 2 fully saturated rings.